The lowest BCUT2D eigenvalue weighted by atomic mass is 9.45. The minimum Gasteiger partial charge on any atom is -0.472 e. The zero-order valence-electron chi connectivity index (χ0n) is 21.3. The second kappa shape index (κ2) is 8.39. The summed E-state index contributed by atoms with van der Waals surface area (Å²) >= 11 is 0. The predicted octanol–water partition coefficient (Wildman–Crippen LogP) is 2.96. The van der Waals surface area contributed by atoms with Gasteiger partial charge in [-0.1, -0.05) is 26.5 Å². The number of ether oxygens (including phenoxy) is 3. The van der Waals surface area contributed by atoms with Gasteiger partial charge in [-0.3, -0.25) is 9.59 Å². The van der Waals surface area contributed by atoms with E-state index in [2.05, 4.69) is 6.58 Å². The molecule has 1 aliphatic carbocycles. The summed E-state index contributed by atoms with van der Waals surface area (Å²) in [6.45, 7) is 10.6. The molecule has 2 N–H and O–H groups in total. The number of rotatable bonds is 6. The molecule has 0 amide bonds. The first-order valence-electron chi connectivity index (χ1n) is 12.0. The van der Waals surface area contributed by atoms with Gasteiger partial charge >= 0.3 is 11.9 Å². The molecule has 3 fully saturated rings. The number of Topliss-reactive ketones (excluding diaryl/α,β-unsaturated/α-hetero) is 1. The first-order chi connectivity index (χ1) is 16.6. The number of esters is 2. The topological polar surface area (TPSA) is 132 Å². The zero-order valence-corrected chi connectivity index (χ0v) is 21.3. The number of methoxy groups -OCH3 is 1. The van der Waals surface area contributed by atoms with Crippen LogP contribution in [0.3, 0.4) is 0 Å². The van der Waals surface area contributed by atoms with Gasteiger partial charge in [-0.25, -0.2) is 4.79 Å². The first-order valence-corrected chi connectivity index (χ1v) is 12.0. The molecule has 1 aromatic heterocycles. The van der Waals surface area contributed by atoms with E-state index in [0.717, 1.165) is 0 Å². The van der Waals surface area contributed by atoms with E-state index in [9.17, 15) is 24.6 Å². The Bertz CT molecular complexity index is 1110. The molecule has 0 aromatic carbocycles. The van der Waals surface area contributed by atoms with Crippen LogP contribution in [0.5, 0.6) is 0 Å². The maximum atomic E-state index is 13.0. The maximum Gasteiger partial charge on any atom is 0.330 e. The van der Waals surface area contributed by atoms with Crippen molar-refractivity contribution in [2.45, 2.75) is 82.4 Å². The van der Waals surface area contributed by atoms with Crippen molar-refractivity contribution in [1.82, 2.24) is 0 Å². The molecule has 3 aliphatic rings. The minimum atomic E-state index is -1.66. The number of ketones is 1. The Morgan fingerprint density at radius 2 is 2.00 bits per heavy atom. The first kappa shape index (κ1) is 26.3. The number of carbonyl (C=O) groups is 3. The zero-order chi connectivity index (χ0) is 26.7. The van der Waals surface area contributed by atoms with Gasteiger partial charge in [0.05, 0.1) is 37.8 Å². The van der Waals surface area contributed by atoms with Crippen molar-refractivity contribution in [3.63, 3.8) is 0 Å². The second-order valence-electron chi connectivity index (χ2n) is 11.1. The van der Waals surface area contributed by atoms with Crippen LogP contribution in [0.15, 0.2) is 47.3 Å². The van der Waals surface area contributed by atoms with Crippen LogP contribution in [-0.4, -0.2) is 58.0 Å². The average molecular weight is 503 g/mol. The summed E-state index contributed by atoms with van der Waals surface area (Å²) in [5, 5.41) is 22.7. The van der Waals surface area contributed by atoms with Crippen LogP contribution in [0.2, 0.25) is 0 Å². The monoisotopic (exact) mass is 502 g/mol. The highest BCUT2D eigenvalue weighted by atomic mass is 16.6. The number of fused-ring (bicyclic) bond motifs is 1. The molecule has 9 nitrogen and oxygen atoms in total. The van der Waals surface area contributed by atoms with Gasteiger partial charge in [0, 0.05) is 28.9 Å². The molecule has 2 saturated heterocycles. The molecule has 0 unspecified atom stereocenters. The van der Waals surface area contributed by atoms with Crippen molar-refractivity contribution in [2.75, 3.05) is 7.11 Å². The van der Waals surface area contributed by atoms with Crippen LogP contribution in [0.25, 0.3) is 0 Å². The quantitative estimate of drug-likeness (QED) is 0.342. The van der Waals surface area contributed by atoms with Gasteiger partial charge in [0.25, 0.3) is 0 Å². The van der Waals surface area contributed by atoms with Crippen molar-refractivity contribution in [3.8, 4) is 0 Å². The fraction of sp³-hybridized carbons (Fsp3) is 0.593. The normalized spacial score (nSPS) is 38.4. The Hall–Kier alpha value is -2.75. The molecule has 36 heavy (non-hydrogen) atoms. The Balaban J connectivity index is 1.89. The summed E-state index contributed by atoms with van der Waals surface area (Å²) in [5.41, 5.74) is -5.89. The summed E-state index contributed by atoms with van der Waals surface area (Å²) in [5.74, 6) is -1.69. The van der Waals surface area contributed by atoms with Crippen LogP contribution in [0.4, 0.5) is 0 Å². The van der Waals surface area contributed by atoms with Crippen molar-refractivity contribution in [2.24, 2.45) is 10.8 Å². The number of aliphatic hydroxyl groups is 2. The SMILES string of the molecule is C=C1[C@]2(O)CC[C@@]3(C)[C@H](c4ccoc4)OC(=O)C[C@]13O[C@@H](CC(=O)C(C)(C)O)[C@@]2(C)/C=C/C(=O)OC. The van der Waals surface area contributed by atoms with E-state index in [1.54, 1.807) is 13.0 Å². The molecule has 0 radical (unpaired) electrons. The molecule has 2 bridgehead atoms. The van der Waals surface area contributed by atoms with E-state index in [0.29, 0.717) is 12.0 Å². The van der Waals surface area contributed by atoms with Crippen LogP contribution in [0, 0.1) is 10.8 Å². The van der Waals surface area contributed by atoms with Gasteiger partial charge < -0.3 is 28.8 Å². The Morgan fingerprint density at radius 1 is 1.31 bits per heavy atom. The van der Waals surface area contributed by atoms with Crippen LogP contribution < -0.4 is 0 Å². The number of hydrogen-bond donors (Lipinski definition) is 2. The van der Waals surface area contributed by atoms with Crippen molar-refractivity contribution >= 4 is 17.7 Å². The molecule has 1 aromatic rings. The van der Waals surface area contributed by atoms with E-state index in [1.165, 1.54) is 45.6 Å². The summed E-state index contributed by atoms with van der Waals surface area (Å²) in [6, 6.07) is 1.72. The van der Waals surface area contributed by atoms with Crippen molar-refractivity contribution in [3.05, 3.63) is 48.5 Å². The third-order valence-corrected chi connectivity index (χ3v) is 8.71. The molecular formula is C27H34O9. The minimum absolute atomic E-state index is 0.203. The Kier molecular flexibility index (Phi) is 6.14. The fourth-order valence-corrected chi connectivity index (χ4v) is 6.19. The van der Waals surface area contributed by atoms with E-state index in [1.807, 2.05) is 6.92 Å². The summed E-state index contributed by atoms with van der Waals surface area (Å²) in [4.78, 5) is 38.0. The van der Waals surface area contributed by atoms with Crippen LogP contribution in [0.1, 0.15) is 65.0 Å². The van der Waals surface area contributed by atoms with Gasteiger partial charge in [0.15, 0.2) is 5.78 Å². The summed E-state index contributed by atoms with van der Waals surface area (Å²) in [6.07, 6.45) is 4.03. The predicted molar refractivity (Wildman–Crippen MR) is 126 cm³/mol. The third-order valence-electron chi connectivity index (χ3n) is 8.71. The van der Waals surface area contributed by atoms with E-state index in [-0.39, 0.29) is 24.8 Å². The fourth-order valence-electron chi connectivity index (χ4n) is 6.19. The van der Waals surface area contributed by atoms with Crippen molar-refractivity contribution < 1.29 is 43.2 Å². The third kappa shape index (κ3) is 3.59. The van der Waals surface area contributed by atoms with Crippen LogP contribution in [-0.2, 0) is 28.6 Å². The number of cyclic esters (lactones) is 1. The largest absolute Gasteiger partial charge is 0.472 e. The summed E-state index contributed by atoms with van der Waals surface area (Å²) in [7, 11) is 1.24. The molecular weight excluding hydrogens is 468 g/mol. The number of carbonyl (C=O) groups excluding carboxylic acids is 3. The van der Waals surface area contributed by atoms with Crippen molar-refractivity contribution in [1.29, 1.82) is 0 Å². The molecule has 4 rings (SSSR count). The van der Waals surface area contributed by atoms with E-state index >= 15 is 0 Å². The highest BCUT2D eigenvalue weighted by Gasteiger charge is 2.74. The molecule has 1 saturated carbocycles. The molecule has 1 spiro atoms. The maximum absolute atomic E-state index is 13.0. The lowest BCUT2D eigenvalue weighted by molar-refractivity contribution is -0.304. The summed E-state index contributed by atoms with van der Waals surface area (Å²) < 4.78 is 22.6. The standard InChI is InChI=1S/C27H34O9/c1-16-26(32)11-10-25(5)22(17-8-12-34-15-17)35-21(30)14-27(16,25)36-19(13-18(28)23(2,3)31)24(26,4)9-7-20(29)33-6/h7-9,12,15,19,22,31-32H,1,10-11,13-14H2,2-6H3/b9-7+/t19-,22-,24+,25-,26+,27-/m0/s1. The van der Waals surface area contributed by atoms with E-state index < -0.39 is 57.6 Å². The average Bonchev–Trinajstić information content (AvgIpc) is 3.34. The second-order valence-corrected chi connectivity index (χ2v) is 11.1. The molecule has 6 atom stereocenters. The van der Waals surface area contributed by atoms with E-state index in [4.69, 9.17) is 18.6 Å². The Labute approximate surface area is 210 Å². The highest BCUT2D eigenvalue weighted by molar-refractivity contribution is 5.87. The van der Waals surface area contributed by atoms with Crippen LogP contribution >= 0.6 is 0 Å². The van der Waals surface area contributed by atoms with Gasteiger partial charge in [-0.15, -0.1) is 0 Å². The van der Waals surface area contributed by atoms with Gasteiger partial charge in [-0.2, -0.15) is 0 Å². The van der Waals surface area contributed by atoms with Gasteiger partial charge in [0.2, 0.25) is 0 Å². The van der Waals surface area contributed by atoms with Gasteiger partial charge in [0.1, 0.15) is 17.3 Å². The number of hydrogen-bond acceptors (Lipinski definition) is 9. The lowest BCUT2D eigenvalue weighted by Crippen LogP contribution is -2.75. The molecule has 2 aliphatic heterocycles. The number of furan rings is 1. The molecule has 3 heterocycles. The molecule has 9 heteroatoms. The van der Waals surface area contributed by atoms with Gasteiger partial charge in [-0.05, 0) is 38.3 Å². The Morgan fingerprint density at radius 3 is 2.58 bits per heavy atom. The molecule has 196 valence electrons. The smallest absolute Gasteiger partial charge is 0.330 e. The lowest BCUT2D eigenvalue weighted by Gasteiger charge is -2.69. The highest BCUT2D eigenvalue weighted by Crippen LogP contribution is 2.69.